The van der Waals surface area contributed by atoms with Crippen LogP contribution in [0.3, 0.4) is 0 Å². The maximum absolute atomic E-state index is 12.4. The molecular weight excluding hydrogens is 656 g/mol. The van der Waals surface area contributed by atoms with E-state index in [4.69, 9.17) is 27.2 Å². The van der Waals surface area contributed by atoms with E-state index in [0.717, 1.165) is 5.56 Å². The maximum atomic E-state index is 12.4. The normalized spacial score (nSPS) is 12.2. The number of nitrogens with one attached hydrogen (secondary N) is 2. The Hall–Kier alpha value is -4.24. The molecule has 20 heteroatoms. The molecule has 17 nitrogen and oxygen atoms in total. The number of aromatic hydroxyl groups is 1. The third kappa shape index (κ3) is 8.08. The first-order valence-electron chi connectivity index (χ1n) is 12.8. The van der Waals surface area contributed by atoms with E-state index in [-0.39, 0.29) is 66.1 Å². The average molecular weight is 683 g/mol. The van der Waals surface area contributed by atoms with Crippen molar-refractivity contribution in [1.29, 1.82) is 0 Å². The highest BCUT2D eigenvalue weighted by Crippen LogP contribution is 2.42. The summed E-state index contributed by atoms with van der Waals surface area (Å²) in [6.45, 7) is 3.71. The molecule has 4 aromatic rings. The maximum Gasteiger partial charge on any atom is 0.296 e. The van der Waals surface area contributed by atoms with Crippen molar-refractivity contribution in [3.05, 3.63) is 46.7 Å². The Morgan fingerprint density at radius 1 is 0.933 bits per heavy atom. The fourth-order valence-corrected chi connectivity index (χ4v) is 5.60. The number of rotatable bonds is 12. The molecule has 1 aromatic heterocycles. The van der Waals surface area contributed by atoms with Crippen molar-refractivity contribution in [2.45, 2.75) is 23.6 Å². The number of azo groups is 1. The highest BCUT2D eigenvalue weighted by atomic mass is 35.5. The van der Waals surface area contributed by atoms with E-state index in [1.54, 1.807) is 26.0 Å². The summed E-state index contributed by atoms with van der Waals surface area (Å²) in [5, 5.41) is 32.9. The number of halogens is 1. The third-order valence-corrected chi connectivity index (χ3v) is 8.02. The van der Waals surface area contributed by atoms with Gasteiger partial charge in [0.2, 0.25) is 17.2 Å². The summed E-state index contributed by atoms with van der Waals surface area (Å²) >= 11 is 5.96. The molecule has 0 unspecified atom stereocenters. The zero-order valence-electron chi connectivity index (χ0n) is 23.6. The van der Waals surface area contributed by atoms with Crippen molar-refractivity contribution < 1.29 is 40.9 Å². The number of anilines is 4. The second kappa shape index (κ2) is 13.4. The van der Waals surface area contributed by atoms with Crippen LogP contribution in [0.2, 0.25) is 5.28 Å². The predicted molar refractivity (Wildman–Crippen MR) is 164 cm³/mol. The van der Waals surface area contributed by atoms with Crippen molar-refractivity contribution in [2.75, 3.05) is 42.7 Å². The van der Waals surface area contributed by atoms with E-state index in [1.165, 1.54) is 6.07 Å². The highest BCUT2D eigenvalue weighted by Gasteiger charge is 2.26. The minimum atomic E-state index is -5.10. The van der Waals surface area contributed by atoms with E-state index in [9.17, 15) is 31.0 Å². The van der Waals surface area contributed by atoms with Gasteiger partial charge in [-0.25, -0.2) is 0 Å². The van der Waals surface area contributed by atoms with Crippen LogP contribution >= 0.6 is 11.6 Å². The smallest absolute Gasteiger partial charge is 0.296 e. The van der Waals surface area contributed by atoms with Crippen LogP contribution in [0.5, 0.6) is 5.75 Å². The monoisotopic (exact) mass is 682 g/mol. The van der Waals surface area contributed by atoms with Gasteiger partial charge in [0, 0.05) is 6.54 Å². The Balaban J connectivity index is 1.82. The molecule has 0 aliphatic heterocycles. The molecule has 0 amide bonds. The molecule has 1 heterocycles. The standard InChI is InChI=1S/C25H27ClN8O9S2/c1-12-7-14-9-13(2)21(27)22(20(14)17(36)8-12)34-33-16-11-18(44(37,38)39)15(10-19(16)45(40,41)42)29-25-31-23(26)30-24(32-25)28-3-5-43-6-4-35/h7-11,35-36H,3-6,27H2,1-2H3,(H,37,38,39)(H,40,41,42)(H2,28,29,30,31,32). The van der Waals surface area contributed by atoms with E-state index in [0.29, 0.717) is 23.1 Å². The highest BCUT2D eigenvalue weighted by molar-refractivity contribution is 7.86. The van der Waals surface area contributed by atoms with Gasteiger partial charge in [-0.05, 0) is 66.2 Å². The lowest BCUT2D eigenvalue weighted by molar-refractivity contribution is 0.0991. The van der Waals surface area contributed by atoms with Crippen molar-refractivity contribution >= 4 is 77.3 Å². The summed E-state index contributed by atoms with van der Waals surface area (Å²) < 4.78 is 74.7. The first-order valence-corrected chi connectivity index (χ1v) is 16.0. The zero-order chi connectivity index (χ0) is 33.1. The number of ether oxygens (including phenoxy) is 1. The van der Waals surface area contributed by atoms with Crippen LogP contribution in [-0.4, -0.2) is 77.5 Å². The lowest BCUT2D eigenvalue weighted by Gasteiger charge is -2.14. The minimum absolute atomic E-state index is 0.0546. The number of hydrogen-bond acceptors (Lipinski definition) is 15. The number of phenols is 1. The van der Waals surface area contributed by atoms with Crippen LogP contribution in [0.25, 0.3) is 10.8 Å². The Bertz CT molecular complexity index is 2030. The van der Waals surface area contributed by atoms with Gasteiger partial charge in [-0.1, -0.05) is 6.07 Å². The van der Waals surface area contributed by atoms with Crippen molar-refractivity contribution in [2.24, 2.45) is 10.2 Å². The third-order valence-electron chi connectivity index (χ3n) is 6.08. The second-order valence-electron chi connectivity index (χ2n) is 9.44. The Morgan fingerprint density at radius 2 is 1.62 bits per heavy atom. The molecule has 0 saturated carbocycles. The summed E-state index contributed by atoms with van der Waals surface area (Å²) in [6.07, 6.45) is 0. The first-order chi connectivity index (χ1) is 21.1. The van der Waals surface area contributed by atoms with Crippen molar-refractivity contribution in [3.8, 4) is 5.75 Å². The SMILES string of the molecule is Cc1cc(O)c2c(N=Nc3cc(S(=O)(=O)O)c(Nc4nc(Cl)nc(NCCOCCO)n4)cc3S(=O)(=O)O)c(N)c(C)cc2c1. The number of fused-ring (bicyclic) bond motifs is 1. The minimum Gasteiger partial charge on any atom is -0.507 e. The second-order valence-corrected chi connectivity index (χ2v) is 12.6. The van der Waals surface area contributed by atoms with Crippen molar-refractivity contribution in [1.82, 2.24) is 15.0 Å². The first kappa shape index (κ1) is 33.6. The summed E-state index contributed by atoms with van der Waals surface area (Å²) in [7, 11) is -10.2. The van der Waals surface area contributed by atoms with E-state index in [2.05, 4.69) is 35.8 Å². The summed E-state index contributed by atoms with van der Waals surface area (Å²) in [5.74, 6) is -0.652. The van der Waals surface area contributed by atoms with E-state index < -0.39 is 41.4 Å². The molecule has 0 fully saturated rings. The van der Waals surface area contributed by atoms with Gasteiger partial charge in [0.1, 0.15) is 26.9 Å². The molecule has 240 valence electrons. The summed E-state index contributed by atoms with van der Waals surface area (Å²) in [4.78, 5) is 9.89. The quantitative estimate of drug-likeness (QED) is 0.0486. The number of aromatic nitrogens is 3. The largest absolute Gasteiger partial charge is 0.507 e. The summed E-state index contributed by atoms with van der Waals surface area (Å²) in [5.41, 5.74) is 6.23. The predicted octanol–water partition coefficient (Wildman–Crippen LogP) is 3.66. The Labute approximate surface area is 261 Å². The van der Waals surface area contributed by atoms with Crippen LogP contribution in [0.15, 0.2) is 50.4 Å². The van der Waals surface area contributed by atoms with Crippen LogP contribution in [0.4, 0.5) is 34.6 Å². The number of aliphatic hydroxyl groups excluding tert-OH is 1. The number of benzene rings is 3. The number of hydrogen-bond donors (Lipinski definition) is 7. The molecule has 0 spiro atoms. The van der Waals surface area contributed by atoms with Gasteiger partial charge in [0.25, 0.3) is 20.2 Å². The van der Waals surface area contributed by atoms with Gasteiger partial charge >= 0.3 is 0 Å². The zero-order valence-corrected chi connectivity index (χ0v) is 25.9. The van der Waals surface area contributed by atoms with Gasteiger partial charge in [0.05, 0.1) is 36.6 Å². The lowest BCUT2D eigenvalue weighted by Crippen LogP contribution is -2.14. The van der Waals surface area contributed by atoms with Gasteiger partial charge in [-0.2, -0.15) is 31.8 Å². The lowest BCUT2D eigenvalue weighted by atomic mass is 10.0. The molecule has 3 aromatic carbocycles. The summed E-state index contributed by atoms with van der Waals surface area (Å²) in [6, 6.07) is 6.22. The van der Waals surface area contributed by atoms with Crippen LogP contribution in [0, 0.1) is 13.8 Å². The van der Waals surface area contributed by atoms with Gasteiger partial charge in [0.15, 0.2) is 0 Å². The molecule has 0 bridgehead atoms. The topological polar surface area (TPSA) is 272 Å². The molecule has 45 heavy (non-hydrogen) atoms. The molecule has 4 rings (SSSR count). The molecule has 8 N–H and O–H groups in total. The number of aliphatic hydroxyl groups is 1. The van der Waals surface area contributed by atoms with E-state index in [1.807, 2.05) is 0 Å². The van der Waals surface area contributed by atoms with Gasteiger partial charge in [-0.3, -0.25) is 9.11 Å². The number of nitrogens with two attached hydrogens (primary N) is 1. The number of nitrogen functional groups attached to an aromatic ring is 1. The van der Waals surface area contributed by atoms with Crippen LogP contribution in [0.1, 0.15) is 11.1 Å². The average Bonchev–Trinajstić information content (AvgIpc) is 2.92. The molecule has 0 atom stereocenters. The van der Waals surface area contributed by atoms with Crippen molar-refractivity contribution in [3.63, 3.8) is 0 Å². The fraction of sp³-hybridized carbons (Fsp3) is 0.240. The molecule has 0 aliphatic carbocycles. The van der Waals surface area contributed by atoms with Gasteiger partial charge < -0.3 is 31.3 Å². The molecule has 0 saturated heterocycles. The molecular formula is C25H27ClN8O9S2. The van der Waals surface area contributed by atoms with Crippen LogP contribution < -0.4 is 16.4 Å². The van der Waals surface area contributed by atoms with Gasteiger partial charge in [-0.15, -0.1) is 10.2 Å². The molecule has 0 radical (unpaired) electrons. The Kier molecular flexibility index (Phi) is 10.0. The fourth-order valence-electron chi connectivity index (χ4n) is 4.16. The van der Waals surface area contributed by atoms with E-state index >= 15 is 0 Å². The Morgan fingerprint density at radius 3 is 2.29 bits per heavy atom. The van der Waals surface area contributed by atoms with Crippen LogP contribution in [-0.2, 0) is 25.0 Å². The number of aryl methyl sites for hydroxylation is 2. The molecule has 0 aliphatic rings. The number of nitrogens with zero attached hydrogens (tertiary/aromatic N) is 5. The number of phenolic OH excluding ortho intramolecular Hbond substituents is 1.